The summed E-state index contributed by atoms with van der Waals surface area (Å²) in [7, 11) is 0. The molecule has 0 saturated carbocycles. The molecule has 0 spiro atoms. The van der Waals surface area contributed by atoms with Gasteiger partial charge in [0.2, 0.25) is 0 Å². The summed E-state index contributed by atoms with van der Waals surface area (Å²) in [5.41, 5.74) is 6.74. The lowest BCUT2D eigenvalue weighted by Gasteiger charge is -2.32. The number of nitrogens with zero attached hydrogens (tertiary/aromatic N) is 1. The van der Waals surface area contributed by atoms with E-state index in [0.717, 1.165) is 24.9 Å². The second-order valence-electron chi connectivity index (χ2n) is 5.93. The van der Waals surface area contributed by atoms with Crippen LogP contribution in [0.2, 0.25) is 0 Å². The van der Waals surface area contributed by atoms with Crippen LogP contribution in [-0.2, 0) is 0 Å². The van der Waals surface area contributed by atoms with Crippen LogP contribution in [0.4, 0.5) is 10.5 Å². The van der Waals surface area contributed by atoms with Gasteiger partial charge in [-0.3, -0.25) is 9.69 Å². The van der Waals surface area contributed by atoms with Crippen LogP contribution >= 0.6 is 0 Å². The Morgan fingerprint density at radius 1 is 1.39 bits per heavy atom. The van der Waals surface area contributed by atoms with Crippen molar-refractivity contribution in [1.82, 2.24) is 10.6 Å². The lowest BCUT2D eigenvalue weighted by atomic mass is 9.92. The van der Waals surface area contributed by atoms with E-state index in [1.165, 1.54) is 0 Å². The van der Waals surface area contributed by atoms with E-state index in [1.54, 1.807) is 23.1 Å². The van der Waals surface area contributed by atoms with Crippen LogP contribution in [0.5, 0.6) is 0 Å². The monoisotopic (exact) mass is 318 g/mol. The Bertz CT molecular complexity index is 561. The highest BCUT2D eigenvalue weighted by Crippen LogP contribution is 2.20. The maximum atomic E-state index is 12.6. The van der Waals surface area contributed by atoms with E-state index in [9.17, 15) is 9.59 Å². The van der Waals surface area contributed by atoms with E-state index in [-0.39, 0.29) is 17.5 Å². The largest absolute Gasteiger partial charge is 0.345 e. The minimum Gasteiger partial charge on any atom is -0.345 e. The Morgan fingerprint density at radius 3 is 2.74 bits per heavy atom. The molecule has 2 rings (SSSR count). The highest BCUT2D eigenvalue weighted by atomic mass is 16.2. The molecule has 0 aliphatic carbocycles. The number of anilines is 1. The second kappa shape index (κ2) is 7.46. The highest BCUT2D eigenvalue weighted by molar-refractivity contribution is 5.98. The summed E-state index contributed by atoms with van der Waals surface area (Å²) in [5.74, 6) is -0.154. The predicted molar refractivity (Wildman–Crippen MR) is 91.6 cm³/mol. The molecular weight excluding hydrogens is 292 g/mol. The number of urea groups is 1. The number of hydrogen-bond acceptors (Lipinski definition) is 3. The summed E-state index contributed by atoms with van der Waals surface area (Å²) >= 11 is 0. The molecule has 1 fully saturated rings. The van der Waals surface area contributed by atoms with Gasteiger partial charge >= 0.3 is 6.03 Å². The van der Waals surface area contributed by atoms with Gasteiger partial charge in [0.1, 0.15) is 0 Å². The Hall–Kier alpha value is -2.08. The normalized spacial score (nSPS) is 15.3. The molecule has 3 amide bonds. The molecule has 4 N–H and O–H groups in total. The Labute approximate surface area is 137 Å². The van der Waals surface area contributed by atoms with Crippen molar-refractivity contribution < 1.29 is 9.59 Å². The summed E-state index contributed by atoms with van der Waals surface area (Å²) in [6.45, 7) is 5.80. The summed E-state index contributed by atoms with van der Waals surface area (Å²) in [6.07, 6.45) is 2.45. The van der Waals surface area contributed by atoms with Gasteiger partial charge < -0.3 is 16.4 Å². The standard InChI is InChI=1S/C17H26N4O2/c1-3-17(4-2,12-18)20-15(22)13-7-5-8-14(11-13)21-10-6-9-19-16(21)23/h5,7-8,11H,3-4,6,9-10,12,18H2,1-2H3,(H,19,23)(H,20,22). The lowest BCUT2D eigenvalue weighted by Crippen LogP contribution is -2.52. The molecule has 1 saturated heterocycles. The molecule has 126 valence electrons. The number of benzene rings is 1. The Morgan fingerprint density at radius 2 is 2.13 bits per heavy atom. The molecule has 1 heterocycles. The number of nitrogens with two attached hydrogens (primary N) is 1. The molecule has 1 aromatic carbocycles. The Balaban J connectivity index is 2.18. The van der Waals surface area contributed by atoms with E-state index in [0.29, 0.717) is 25.2 Å². The first-order chi connectivity index (χ1) is 11.0. The fraction of sp³-hybridized carbons (Fsp3) is 0.529. The highest BCUT2D eigenvalue weighted by Gasteiger charge is 2.27. The van der Waals surface area contributed by atoms with E-state index in [2.05, 4.69) is 10.6 Å². The molecule has 0 aromatic heterocycles. The van der Waals surface area contributed by atoms with Crippen molar-refractivity contribution in [3.8, 4) is 0 Å². The van der Waals surface area contributed by atoms with E-state index in [4.69, 9.17) is 5.73 Å². The first kappa shape index (κ1) is 17.3. The van der Waals surface area contributed by atoms with Gasteiger partial charge in [-0.1, -0.05) is 19.9 Å². The smallest absolute Gasteiger partial charge is 0.321 e. The van der Waals surface area contributed by atoms with E-state index < -0.39 is 0 Å². The zero-order chi connectivity index (χ0) is 16.9. The average molecular weight is 318 g/mol. The van der Waals surface area contributed by atoms with Gasteiger partial charge in [0.15, 0.2) is 0 Å². The maximum Gasteiger partial charge on any atom is 0.321 e. The van der Waals surface area contributed by atoms with Crippen LogP contribution in [0.1, 0.15) is 43.5 Å². The molecule has 23 heavy (non-hydrogen) atoms. The number of carbonyl (C=O) groups is 2. The van der Waals surface area contributed by atoms with Crippen LogP contribution in [0.25, 0.3) is 0 Å². The molecular formula is C17H26N4O2. The minimum atomic E-state index is -0.379. The van der Waals surface area contributed by atoms with Crippen molar-refractivity contribution in [2.75, 3.05) is 24.5 Å². The van der Waals surface area contributed by atoms with Crippen molar-refractivity contribution in [3.63, 3.8) is 0 Å². The van der Waals surface area contributed by atoms with Gasteiger partial charge in [0.05, 0.1) is 5.54 Å². The summed E-state index contributed by atoms with van der Waals surface area (Å²) in [6, 6.07) is 7.04. The molecule has 0 radical (unpaired) electrons. The number of carbonyl (C=O) groups excluding carboxylic acids is 2. The van der Waals surface area contributed by atoms with Crippen molar-refractivity contribution in [3.05, 3.63) is 29.8 Å². The molecule has 0 atom stereocenters. The van der Waals surface area contributed by atoms with Crippen LogP contribution < -0.4 is 21.3 Å². The van der Waals surface area contributed by atoms with Crippen LogP contribution in [-0.4, -0.2) is 37.1 Å². The van der Waals surface area contributed by atoms with Gasteiger partial charge in [0.25, 0.3) is 5.91 Å². The van der Waals surface area contributed by atoms with Gasteiger partial charge in [-0.15, -0.1) is 0 Å². The molecule has 1 aliphatic rings. The summed E-state index contributed by atoms with van der Waals surface area (Å²) in [4.78, 5) is 26.2. The lowest BCUT2D eigenvalue weighted by molar-refractivity contribution is 0.0895. The SMILES string of the molecule is CCC(CC)(CN)NC(=O)c1cccc(N2CCCNC2=O)c1. The average Bonchev–Trinajstić information content (AvgIpc) is 2.60. The Kier molecular flexibility index (Phi) is 5.60. The van der Waals surface area contributed by atoms with Crippen molar-refractivity contribution in [1.29, 1.82) is 0 Å². The first-order valence-corrected chi connectivity index (χ1v) is 8.23. The van der Waals surface area contributed by atoms with Crippen molar-refractivity contribution in [2.45, 2.75) is 38.6 Å². The van der Waals surface area contributed by atoms with Crippen molar-refractivity contribution in [2.24, 2.45) is 5.73 Å². The fourth-order valence-electron chi connectivity index (χ4n) is 2.77. The molecule has 1 aliphatic heterocycles. The number of amides is 3. The number of nitrogens with one attached hydrogen (secondary N) is 2. The molecule has 6 heteroatoms. The minimum absolute atomic E-state index is 0.118. The van der Waals surface area contributed by atoms with Crippen LogP contribution in [0, 0.1) is 0 Å². The third-order valence-corrected chi connectivity index (χ3v) is 4.62. The molecule has 1 aromatic rings. The van der Waals surface area contributed by atoms with Gasteiger partial charge in [-0.05, 0) is 37.5 Å². The van der Waals surface area contributed by atoms with E-state index >= 15 is 0 Å². The molecule has 0 bridgehead atoms. The summed E-state index contributed by atoms with van der Waals surface area (Å²) in [5, 5.41) is 5.87. The summed E-state index contributed by atoms with van der Waals surface area (Å²) < 4.78 is 0. The van der Waals surface area contributed by atoms with Gasteiger partial charge in [0, 0.05) is 30.9 Å². The van der Waals surface area contributed by atoms with E-state index in [1.807, 2.05) is 19.9 Å². The molecule has 0 unspecified atom stereocenters. The third kappa shape index (κ3) is 3.82. The second-order valence-corrected chi connectivity index (χ2v) is 5.93. The quantitative estimate of drug-likeness (QED) is 0.748. The van der Waals surface area contributed by atoms with Crippen molar-refractivity contribution >= 4 is 17.6 Å². The zero-order valence-corrected chi connectivity index (χ0v) is 13.9. The molecule has 6 nitrogen and oxygen atoms in total. The third-order valence-electron chi connectivity index (χ3n) is 4.62. The first-order valence-electron chi connectivity index (χ1n) is 8.23. The van der Waals surface area contributed by atoms with Crippen LogP contribution in [0.3, 0.4) is 0 Å². The number of rotatable bonds is 6. The zero-order valence-electron chi connectivity index (χ0n) is 13.9. The predicted octanol–water partition coefficient (Wildman–Crippen LogP) is 1.85. The number of hydrogen-bond donors (Lipinski definition) is 3. The van der Waals surface area contributed by atoms with Gasteiger partial charge in [-0.2, -0.15) is 0 Å². The van der Waals surface area contributed by atoms with Crippen LogP contribution in [0.15, 0.2) is 24.3 Å². The topological polar surface area (TPSA) is 87.5 Å². The fourth-order valence-corrected chi connectivity index (χ4v) is 2.77. The van der Waals surface area contributed by atoms with Gasteiger partial charge in [-0.25, -0.2) is 4.79 Å². The maximum absolute atomic E-state index is 12.6.